The van der Waals surface area contributed by atoms with E-state index < -0.39 is 17.4 Å². The minimum absolute atomic E-state index is 0.238. The second-order valence-electron chi connectivity index (χ2n) is 6.85. The van der Waals surface area contributed by atoms with Crippen LogP contribution in [-0.4, -0.2) is 49.5 Å². The van der Waals surface area contributed by atoms with Gasteiger partial charge in [0.25, 0.3) is 5.91 Å². The van der Waals surface area contributed by atoms with Gasteiger partial charge in [0.15, 0.2) is 11.5 Å². The SMILES string of the molecule is COc1cc(C(=O)NC2(C(=O)O)CCOCC2)ccc1OCCC(C)C. The summed E-state index contributed by atoms with van der Waals surface area (Å²) in [7, 11) is 1.50. The molecule has 0 radical (unpaired) electrons. The van der Waals surface area contributed by atoms with Crippen LogP contribution in [0.1, 0.15) is 43.5 Å². The molecule has 26 heavy (non-hydrogen) atoms. The summed E-state index contributed by atoms with van der Waals surface area (Å²) in [6.45, 7) is 5.39. The molecular weight excluding hydrogens is 338 g/mol. The molecule has 0 aliphatic carbocycles. The van der Waals surface area contributed by atoms with E-state index in [0.717, 1.165) is 6.42 Å². The molecule has 144 valence electrons. The second-order valence-corrected chi connectivity index (χ2v) is 6.85. The molecule has 0 bridgehead atoms. The molecule has 7 heteroatoms. The van der Waals surface area contributed by atoms with Crippen molar-refractivity contribution < 1.29 is 28.9 Å². The van der Waals surface area contributed by atoms with Gasteiger partial charge in [0.2, 0.25) is 0 Å². The molecule has 0 saturated carbocycles. The summed E-state index contributed by atoms with van der Waals surface area (Å²) >= 11 is 0. The number of carbonyl (C=O) groups excluding carboxylic acids is 1. The van der Waals surface area contributed by atoms with E-state index in [-0.39, 0.29) is 12.8 Å². The van der Waals surface area contributed by atoms with E-state index in [2.05, 4.69) is 19.2 Å². The molecule has 1 aliphatic heterocycles. The average molecular weight is 365 g/mol. The highest BCUT2D eigenvalue weighted by molar-refractivity contribution is 5.98. The molecule has 7 nitrogen and oxygen atoms in total. The van der Waals surface area contributed by atoms with Crippen LogP contribution in [0.3, 0.4) is 0 Å². The maximum atomic E-state index is 12.6. The van der Waals surface area contributed by atoms with Gasteiger partial charge in [-0.05, 0) is 30.5 Å². The lowest BCUT2D eigenvalue weighted by Crippen LogP contribution is -2.57. The lowest BCUT2D eigenvalue weighted by atomic mass is 9.89. The molecule has 0 spiro atoms. The van der Waals surface area contributed by atoms with Crippen LogP contribution in [0, 0.1) is 5.92 Å². The Morgan fingerprint density at radius 2 is 1.96 bits per heavy atom. The summed E-state index contributed by atoms with van der Waals surface area (Å²) < 4.78 is 16.2. The van der Waals surface area contributed by atoms with Crippen LogP contribution in [0.25, 0.3) is 0 Å². The molecular formula is C19H27NO6. The number of nitrogens with one attached hydrogen (secondary N) is 1. The number of benzene rings is 1. The highest BCUT2D eigenvalue weighted by Gasteiger charge is 2.41. The van der Waals surface area contributed by atoms with E-state index >= 15 is 0 Å². The van der Waals surface area contributed by atoms with Gasteiger partial charge in [-0.3, -0.25) is 4.79 Å². The Hall–Kier alpha value is -2.28. The zero-order valence-corrected chi connectivity index (χ0v) is 15.5. The van der Waals surface area contributed by atoms with Gasteiger partial charge in [-0.25, -0.2) is 4.79 Å². The maximum Gasteiger partial charge on any atom is 0.329 e. The summed E-state index contributed by atoms with van der Waals surface area (Å²) in [5.74, 6) is 0.0234. The van der Waals surface area contributed by atoms with E-state index in [1.165, 1.54) is 7.11 Å². The number of carboxylic acids is 1. The average Bonchev–Trinajstić information content (AvgIpc) is 2.62. The number of hydrogen-bond acceptors (Lipinski definition) is 5. The third kappa shape index (κ3) is 4.88. The Kier molecular flexibility index (Phi) is 6.85. The molecule has 2 rings (SSSR count). The molecule has 2 N–H and O–H groups in total. The smallest absolute Gasteiger partial charge is 0.329 e. The van der Waals surface area contributed by atoms with Crippen molar-refractivity contribution in [2.75, 3.05) is 26.9 Å². The van der Waals surface area contributed by atoms with Crippen molar-refractivity contribution in [3.8, 4) is 11.5 Å². The van der Waals surface area contributed by atoms with Gasteiger partial charge in [0.1, 0.15) is 5.54 Å². The summed E-state index contributed by atoms with van der Waals surface area (Å²) in [6, 6.07) is 4.85. The number of carboxylic acid groups (broad SMARTS) is 1. The van der Waals surface area contributed by atoms with E-state index in [1.54, 1.807) is 18.2 Å². The number of hydrogen-bond donors (Lipinski definition) is 2. The number of methoxy groups -OCH3 is 1. The normalized spacial score (nSPS) is 16.2. The summed E-state index contributed by atoms with van der Waals surface area (Å²) in [4.78, 5) is 24.3. The van der Waals surface area contributed by atoms with Gasteiger partial charge in [0.05, 0.1) is 13.7 Å². The first-order valence-corrected chi connectivity index (χ1v) is 8.82. The van der Waals surface area contributed by atoms with Crippen molar-refractivity contribution in [2.24, 2.45) is 5.92 Å². The third-order valence-corrected chi connectivity index (χ3v) is 4.49. The molecule has 0 aromatic heterocycles. The van der Waals surface area contributed by atoms with Gasteiger partial charge in [-0.1, -0.05) is 13.8 Å². The Morgan fingerprint density at radius 3 is 2.54 bits per heavy atom. The fourth-order valence-electron chi connectivity index (χ4n) is 2.73. The van der Waals surface area contributed by atoms with Gasteiger partial charge in [-0.15, -0.1) is 0 Å². The molecule has 1 heterocycles. The Balaban J connectivity index is 2.12. The minimum Gasteiger partial charge on any atom is -0.493 e. The predicted octanol–water partition coefficient (Wildman–Crippen LogP) is 2.48. The Bertz CT molecular complexity index is 637. The number of ether oxygens (including phenoxy) is 3. The van der Waals surface area contributed by atoms with Crippen LogP contribution in [0.15, 0.2) is 18.2 Å². The van der Waals surface area contributed by atoms with Gasteiger partial charge in [-0.2, -0.15) is 0 Å². The van der Waals surface area contributed by atoms with Crippen LogP contribution < -0.4 is 14.8 Å². The molecule has 1 saturated heterocycles. The van der Waals surface area contributed by atoms with E-state index in [9.17, 15) is 14.7 Å². The first-order valence-electron chi connectivity index (χ1n) is 8.82. The third-order valence-electron chi connectivity index (χ3n) is 4.49. The molecule has 1 aliphatic rings. The first kappa shape index (κ1) is 20.0. The topological polar surface area (TPSA) is 94.1 Å². The Labute approximate surface area is 153 Å². The Morgan fingerprint density at radius 1 is 1.27 bits per heavy atom. The zero-order valence-electron chi connectivity index (χ0n) is 15.5. The van der Waals surface area contributed by atoms with Crippen molar-refractivity contribution in [1.29, 1.82) is 0 Å². The number of amides is 1. The fourth-order valence-corrected chi connectivity index (χ4v) is 2.73. The molecule has 1 aromatic rings. The number of rotatable bonds is 8. The van der Waals surface area contributed by atoms with Crippen LogP contribution in [0.4, 0.5) is 0 Å². The van der Waals surface area contributed by atoms with Crippen LogP contribution in [0.2, 0.25) is 0 Å². The lowest BCUT2D eigenvalue weighted by molar-refractivity contribution is -0.148. The van der Waals surface area contributed by atoms with Crippen LogP contribution in [-0.2, 0) is 9.53 Å². The monoisotopic (exact) mass is 365 g/mol. The molecule has 1 amide bonds. The fraction of sp³-hybridized carbons (Fsp3) is 0.579. The summed E-state index contributed by atoms with van der Waals surface area (Å²) in [5, 5.41) is 12.2. The van der Waals surface area contributed by atoms with Gasteiger partial charge in [0, 0.05) is 31.6 Å². The van der Waals surface area contributed by atoms with Gasteiger partial charge >= 0.3 is 5.97 Å². The highest BCUT2D eigenvalue weighted by atomic mass is 16.5. The van der Waals surface area contributed by atoms with Crippen LogP contribution in [0.5, 0.6) is 11.5 Å². The molecule has 1 fully saturated rings. The van der Waals surface area contributed by atoms with E-state index in [4.69, 9.17) is 14.2 Å². The maximum absolute atomic E-state index is 12.6. The van der Waals surface area contributed by atoms with Crippen LogP contribution >= 0.6 is 0 Å². The zero-order chi connectivity index (χ0) is 19.2. The molecule has 1 aromatic carbocycles. The van der Waals surface area contributed by atoms with Crippen molar-refractivity contribution in [3.05, 3.63) is 23.8 Å². The second kappa shape index (κ2) is 8.89. The minimum atomic E-state index is -1.30. The highest BCUT2D eigenvalue weighted by Crippen LogP contribution is 2.29. The summed E-state index contributed by atoms with van der Waals surface area (Å²) in [5.41, 5.74) is -0.972. The van der Waals surface area contributed by atoms with Gasteiger partial charge < -0.3 is 24.6 Å². The quantitative estimate of drug-likeness (QED) is 0.735. The largest absolute Gasteiger partial charge is 0.493 e. The van der Waals surface area contributed by atoms with Crippen molar-refractivity contribution in [1.82, 2.24) is 5.32 Å². The lowest BCUT2D eigenvalue weighted by Gasteiger charge is -2.33. The van der Waals surface area contributed by atoms with Crippen molar-refractivity contribution in [2.45, 2.75) is 38.6 Å². The van der Waals surface area contributed by atoms with Crippen molar-refractivity contribution in [3.63, 3.8) is 0 Å². The number of aliphatic carboxylic acids is 1. The first-order chi connectivity index (χ1) is 12.4. The summed E-state index contributed by atoms with van der Waals surface area (Å²) in [6.07, 6.45) is 1.39. The van der Waals surface area contributed by atoms with E-state index in [0.29, 0.717) is 42.8 Å². The number of carbonyl (C=O) groups is 2. The molecule has 0 unspecified atom stereocenters. The molecule has 0 atom stereocenters. The standard InChI is InChI=1S/C19H27NO6/c1-13(2)6-9-26-15-5-4-14(12-16(15)24-3)17(21)20-19(18(22)23)7-10-25-11-8-19/h4-5,12-13H,6-11H2,1-3H3,(H,20,21)(H,22,23). The predicted molar refractivity (Wildman–Crippen MR) is 95.8 cm³/mol. The van der Waals surface area contributed by atoms with E-state index in [1.807, 2.05) is 0 Å². The van der Waals surface area contributed by atoms with Crippen molar-refractivity contribution >= 4 is 11.9 Å².